The summed E-state index contributed by atoms with van der Waals surface area (Å²) in [5, 5.41) is 9.27. The molecule has 4 nitrogen and oxygen atoms in total. The summed E-state index contributed by atoms with van der Waals surface area (Å²) in [6.45, 7) is 0. The highest BCUT2D eigenvalue weighted by atomic mass is 79.9. The molecule has 0 amide bonds. The average Bonchev–Trinajstić information content (AvgIpc) is 2.80. The third-order valence-corrected chi connectivity index (χ3v) is 3.91. The third-order valence-electron chi connectivity index (χ3n) is 3.02. The lowest BCUT2D eigenvalue weighted by atomic mass is 10.2. The lowest BCUT2D eigenvalue weighted by molar-refractivity contribution is 0.0697. The standard InChI is InChI=1S/C14H7BrClFN2O2/c15-9-4-8(17)5-10(16)13(9)19-6-18-11-2-1-7(14(20)21)3-12(11)19/h1-6H,(H,20,21). The Bertz CT molecular complexity index is 856. The number of carboxylic acids is 1. The number of halogens is 3. The monoisotopic (exact) mass is 368 g/mol. The van der Waals surface area contributed by atoms with Crippen LogP contribution in [0, 0.1) is 5.82 Å². The lowest BCUT2D eigenvalue weighted by Gasteiger charge is -2.10. The average molecular weight is 370 g/mol. The summed E-state index contributed by atoms with van der Waals surface area (Å²) in [4.78, 5) is 15.3. The predicted octanol–water partition coefficient (Wildman–Crippen LogP) is 4.28. The first-order valence-corrected chi connectivity index (χ1v) is 7.00. The molecule has 0 spiro atoms. The first-order chi connectivity index (χ1) is 9.97. The van der Waals surface area contributed by atoms with Gasteiger partial charge in [-0.25, -0.2) is 14.2 Å². The summed E-state index contributed by atoms with van der Waals surface area (Å²) in [6.07, 6.45) is 1.51. The smallest absolute Gasteiger partial charge is 0.335 e. The van der Waals surface area contributed by atoms with Crippen LogP contribution < -0.4 is 0 Å². The topological polar surface area (TPSA) is 55.1 Å². The molecule has 0 aliphatic rings. The van der Waals surface area contributed by atoms with Crippen molar-refractivity contribution >= 4 is 44.5 Å². The molecule has 0 radical (unpaired) electrons. The van der Waals surface area contributed by atoms with Crippen LogP contribution in [-0.4, -0.2) is 20.6 Å². The van der Waals surface area contributed by atoms with Crippen molar-refractivity contribution in [2.24, 2.45) is 0 Å². The lowest BCUT2D eigenvalue weighted by Crippen LogP contribution is -1.99. The SMILES string of the molecule is O=C(O)c1ccc2ncn(-c3c(Cl)cc(F)cc3Br)c2c1. The molecule has 3 aromatic rings. The van der Waals surface area contributed by atoms with E-state index in [1.54, 1.807) is 10.6 Å². The molecule has 0 fully saturated rings. The second kappa shape index (κ2) is 5.13. The minimum atomic E-state index is -1.03. The number of carboxylic acid groups (broad SMARTS) is 1. The van der Waals surface area contributed by atoms with Gasteiger partial charge in [0.1, 0.15) is 12.1 Å². The van der Waals surface area contributed by atoms with Gasteiger partial charge in [0.2, 0.25) is 0 Å². The highest BCUT2D eigenvalue weighted by Gasteiger charge is 2.14. The van der Waals surface area contributed by atoms with Crippen molar-refractivity contribution in [3.05, 3.63) is 57.5 Å². The number of carbonyl (C=O) groups is 1. The van der Waals surface area contributed by atoms with Crippen LogP contribution >= 0.6 is 27.5 Å². The Labute approximate surface area is 131 Å². The van der Waals surface area contributed by atoms with Gasteiger partial charge < -0.3 is 5.11 Å². The second-order valence-corrected chi connectivity index (χ2v) is 5.60. The van der Waals surface area contributed by atoms with Crippen LogP contribution in [0.1, 0.15) is 10.4 Å². The fourth-order valence-corrected chi connectivity index (χ4v) is 3.12. The fraction of sp³-hybridized carbons (Fsp3) is 0. The van der Waals surface area contributed by atoms with Gasteiger partial charge >= 0.3 is 5.97 Å². The molecule has 1 N–H and O–H groups in total. The van der Waals surface area contributed by atoms with Crippen LogP contribution in [0.3, 0.4) is 0 Å². The normalized spacial score (nSPS) is 11.0. The maximum Gasteiger partial charge on any atom is 0.335 e. The zero-order chi connectivity index (χ0) is 15.1. The molecule has 2 aromatic carbocycles. The van der Waals surface area contributed by atoms with E-state index in [2.05, 4.69) is 20.9 Å². The molecule has 1 heterocycles. The van der Waals surface area contributed by atoms with Gasteiger partial charge in [0, 0.05) is 4.47 Å². The van der Waals surface area contributed by atoms with E-state index in [1.807, 2.05) is 0 Å². The number of hydrogen-bond acceptors (Lipinski definition) is 2. The Morgan fingerprint density at radius 2 is 2.10 bits per heavy atom. The van der Waals surface area contributed by atoms with Gasteiger partial charge in [-0.05, 0) is 46.3 Å². The zero-order valence-electron chi connectivity index (χ0n) is 10.3. The van der Waals surface area contributed by atoms with Crippen molar-refractivity contribution in [2.75, 3.05) is 0 Å². The molecule has 0 saturated heterocycles. The van der Waals surface area contributed by atoms with E-state index < -0.39 is 11.8 Å². The quantitative estimate of drug-likeness (QED) is 0.733. The Morgan fingerprint density at radius 3 is 2.76 bits per heavy atom. The fourth-order valence-electron chi connectivity index (χ4n) is 2.08. The van der Waals surface area contributed by atoms with Crippen LogP contribution in [0.4, 0.5) is 4.39 Å². The predicted molar refractivity (Wildman–Crippen MR) is 80.7 cm³/mol. The Balaban J connectivity index is 2.30. The summed E-state index contributed by atoms with van der Waals surface area (Å²) in [6, 6.07) is 7.06. The van der Waals surface area contributed by atoms with Gasteiger partial charge in [0.25, 0.3) is 0 Å². The molecule has 7 heteroatoms. The molecule has 0 aliphatic heterocycles. The van der Waals surface area contributed by atoms with Gasteiger partial charge in [-0.1, -0.05) is 11.6 Å². The number of fused-ring (bicyclic) bond motifs is 1. The number of aromatic carboxylic acids is 1. The molecule has 1 aromatic heterocycles. The molecule has 0 bridgehead atoms. The minimum Gasteiger partial charge on any atom is -0.478 e. The summed E-state index contributed by atoms with van der Waals surface area (Å²) in [7, 11) is 0. The Hall–Kier alpha value is -1.92. The maximum atomic E-state index is 13.3. The van der Waals surface area contributed by atoms with Crippen molar-refractivity contribution in [3.63, 3.8) is 0 Å². The minimum absolute atomic E-state index is 0.138. The second-order valence-electron chi connectivity index (χ2n) is 4.34. The van der Waals surface area contributed by atoms with Crippen LogP contribution in [0.15, 0.2) is 41.1 Å². The van der Waals surface area contributed by atoms with Crippen molar-refractivity contribution in [3.8, 4) is 5.69 Å². The summed E-state index contributed by atoms with van der Waals surface area (Å²) < 4.78 is 15.4. The number of imidazole rings is 1. The van der Waals surface area contributed by atoms with Gasteiger partial charge in [-0.2, -0.15) is 0 Å². The van der Waals surface area contributed by atoms with Crippen LogP contribution in [0.5, 0.6) is 0 Å². The van der Waals surface area contributed by atoms with E-state index in [1.165, 1.54) is 30.6 Å². The highest BCUT2D eigenvalue weighted by Crippen LogP contribution is 2.32. The molecule has 0 atom stereocenters. The molecule has 0 saturated carbocycles. The van der Waals surface area contributed by atoms with E-state index in [0.717, 1.165) is 0 Å². The van der Waals surface area contributed by atoms with Gasteiger partial charge in [-0.15, -0.1) is 0 Å². The number of aromatic nitrogens is 2. The number of nitrogens with zero attached hydrogens (tertiary/aromatic N) is 2. The van der Waals surface area contributed by atoms with E-state index in [9.17, 15) is 9.18 Å². The van der Waals surface area contributed by atoms with E-state index in [4.69, 9.17) is 16.7 Å². The molecule has 21 heavy (non-hydrogen) atoms. The first-order valence-electron chi connectivity index (χ1n) is 5.82. The van der Waals surface area contributed by atoms with Crippen LogP contribution in [0.25, 0.3) is 16.7 Å². The summed E-state index contributed by atoms with van der Waals surface area (Å²) >= 11 is 9.36. The Morgan fingerprint density at radius 1 is 1.33 bits per heavy atom. The molecule has 0 aliphatic carbocycles. The van der Waals surface area contributed by atoms with Crippen molar-refractivity contribution in [2.45, 2.75) is 0 Å². The van der Waals surface area contributed by atoms with Gasteiger partial charge in [-0.3, -0.25) is 4.57 Å². The highest BCUT2D eigenvalue weighted by molar-refractivity contribution is 9.10. The largest absolute Gasteiger partial charge is 0.478 e. The molecular weight excluding hydrogens is 363 g/mol. The molecular formula is C14H7BrClFN2O2. The van der Waals surface area contributed by atoms with E-state index >= 15 is 0 Å². The number of benzene rings is 2. The summed E-state index contributed by atoms with van der Waals surface area (Å²) in [5.41, 5.74) is 1.83. The van der Waals surface area contributed by atoms with Crippen molar-refractivity contribution < 1.29 is 14.3 Å². The van der Waals surface area contributed by atoms with Gasteiger partial charge in [0.05, 0.1) is 27.3 Å². The Kier molecular flexibility index (Phi) is 3.43. The number of hydrogen-bond donors (Lipinski definition) is 1. The zero-order valence-corrected chi connectivity index (χ0v) is 12.7. The summed E-state index contributed by atoms with van der Waals surface area (Å²) in [5.74, 6) is -1.50. The van der Waals surface area contributed by atoms with Crippen molar-refractivity contribution in [1.82, 2.24) is 9.55 Å². The van der Waals surface area contributed by atoms with Gasteiger partial charge in [0.15, 0.2) is 0 Å². The first kappa shape index (κ1) is 14.0. The van der Waals surface area contributed by atoms with Crippen LogP contribution in [0.2, 0.25) is 5.02 Å². The van der Waals surface area contributed by atoms with Crippen LogP contribution in [-0.2, 0) is 0 Å². The molecule has 0 unspecified atom stereocenters. The van der Waals surface area contributed by atoms with Crippen molar-refractivity contribution in [1.29, 1.82) is 0 Å². The molecule has 3 rings (SSSR count). The maximum absolute atomic E-state index is 13.3. The van der Waals surface area contributed by atoms with E-state index in [-0.39, 0.29) is 10.6 Å². The molecule has 106 valence electrons. The number of rotatable bonds is 2. The van der Waals surface area contributed by atoms with E-state index in [0.29, 0.717) is 21.2 Å². The third kappa shape index (κ3) is 2.41.